The van der Waals surface area contributed by atoms with Gasteiger partial charge in [-0.25, -0.2) is 17.6 Å². The molecule has 0 radical (unpaired) electrons. The van der Waals surface area contributed by atoms with E-state index in [-0.39, 0.29) is 31.9 Å². The predicted octanol–water partition coefficient (Wildman–Crippen LogP) is 3.48. The van der Waals surface area contributed by atoms with E-state index in [1.807, 2.05) is 0 Å². The van der Waals surface area contributed by atoms with Crippen LogP contribution >= 0.6 is 0 Å². The number of carbonyl (C=O) groups is 1. The number of alkyl halides is 3. The van der Waals surface area contributed by atoms with Crippen molar-refractivity contribution < 1.29 is 35.9 Å². The lowest BCUT2D eigenvalue weighted by Crippen LogP contribution is -2.48. The molecule has 0 unspecified atom stereocenters. The molecule has 2 aromatic carbocycles. The summed E-state index contributed by atoms with van der Waals surface area (Å²) in [6, 6.07) is 6.74. The molecule has 3 rings (SSSR count). The molecule has 0 aliphatic carbocycles. The lowest BCUT2D eigenvalue weighted by molar-refractivity contribution is -0.139. The Morgan fingerprint density at radius 3 is 2.07 bits per heavy atom. The molecule has 1 heterocycles. The van der Waals surface area contributed by atoms with E-state index in [9.17, 15) is 30.8 Å². The zero-order chi connectivity index (χ0) is 21.4. The number of rotatable bonds is 3. The molecule has 0 aromatic heterocycles. The van der Waals surface area contributed by atoms with Crippen molar-refractivity contribution in [1.29, 1.82) is 0 Å². The molecule has 1 N–H and O–H groups in total. The van der Waals surface area contributed by atoms with Crippen LogP contribution in [0.15, 0.2) is 52.3 Å². The van der Waals surface area contributed by atoms with Gasteiger partial charge in [-0.3, -0.25) is 0 Å². The standard InChI is InChI=1S/C18H16F4N2O4S/c19-12-4-6-13(7-5-12)29(27,28)15-3-1-2-14(16(15)18(20,21)22)23-8-10-24(11-9-23)17(25)26/h1-7H,8-11H2,(H,25,26). The van der Waals surface area contributed by atoms with Gasteiger partial charge in [0.25, 0.3) is 0 Å². The maximum Gasteiger partial charge on any atom is 0.419 e. The molecule has 1 fully saturated rings. The average Bonchev–Trinajstić information content (AvgIpc) is 2.67. The third-order valence-electron chi connectivity index (χ3n) is 4.59. The number of piperazine rings is 1. The van der Waals surface area contributed by atoms with Gasteiger partial charge in [-0.2, -0.15) is 13.2 Å². The molecule has 1 aliphatic rings. The summed E-state index contributed by atoms with van der Waals surface area (Å²) < 4.78 is 80.6. The summed E-state index contributed by atoms with van der Waals surface area (Å²) in [4.78, 5) is 12.0. The highest BCUT2D eigenvalue weighted by Crippen LogP contribution is 2.42. The van der Waals surface area contributed by atoms with Gasteiger partial charge in [0.15, 0.2) is 0 Å². The molecule has 29 heavy (non-hydrogen) atoms. The minimum absolute atomic E-state index is 0.0123. The topological polar surface area (TPSA) is 77.9 Å². The fourth-order valence-electron chi connectivity index (χ4n) is 3.17. The van der Waals surface area contributed by atoms with E-state index in [1.54, 1.807) is 0 Å². The molecule has 1 aliphatic heterocycles. The quantitative estimate of drug-likeness (QED) is 0.594. The molecule has 2 aromatic rings. The SMILES string of the molecule is O=C(O)N1CCN(c2cccc(S(=O)(=O)c3ccc(F)cc3)c2C(F)(F)F)CC1. The van der Waals surface area contributed by atoms with Crippen LogP contribution in [0.3, 0.4) is 0 Å². The van der Waals surface area contributed by atoms with Gasteiger partial charge in [-0.15, -0.1) is 0 Å². The minimum atomic E-state index is -4.98. The Morgan fingerprint density at radius 2 is 1.55 bits per heavy atom. The van der Waals surface area contributed by atoms with Crippen LogP contribution in [0.25, 0.3) is 0 Å². The summed E-state index contributed by atoms with van der Waals surface area (Å²) in [6.07, 6.45) is -6.16. The van der Waals surface area contributed by atoms with E-state index in [1.165, 1.54) is 11.0 Å². The van der Waals surface area contributed by atoms with Crippen molar-refractivity contribution in [2.75, 3.05) is 31.1 Å². The van der Waals surface area contributed by atoms with E-state index >= 15 is 0 Å². The number of halogens is 4. The van der Waals surface area contributed by atoms with Crippen LogP contribution in [0.4, 0.5) is 28.0 Å². The summed E-state index contributed by atoms with van der Waals surface area (Å²) in [7, 11) is -4.57. The Kier molecular flexibility index (Phi) is 5.44. The Hall–Kier alpha value is -2.82. The van der Waals surface area contributed by atoms with Gasteiger partial charge in [0, 0.05) is 26.2 Å². The van der Waals surface area contributed by atoms with Crippen molar-refractivity contribution in [3.63, 3.8) is 0 Å². The maximum absolute atomic E-state index is 13.9. The van der Waals surface area contributed by atoms with E-state index in [0.29, 0.717) is 0 Å². The zero-order valence-electron chi connectivity index (χ0n) is 14.9. The van der Waals surface area contributed by atoms with Crippen molar-refractivity contribution in [3.05, 3.63) is 53.8 Å². The summed E-state index contributed by atoms with van der Waals surface area (Å²) >= 11 is 0. The van der Waals surface area contributed by atoms with E-state index in [0.717, 1.165) is 41.3 Å². The largest absolute Gasteiger partial charge is 0.465 e. The van der Waals surface area contributed by atoms with E-state index < -0.39 is 43.3 Å². The second-order valence-electron chi connectivity index (χ2n) is 6.36. The molecule has 0 atom stereocenters. The Bertz CT molecular complexity index is 1020. The third kappa shape index (κ3) is 4.14. The molecule has 0 saturated carbocycles. The molecule has 11 heteroatoms. The smallest absolute Gasteiger partial charge is 0.419 e. The summed E-state index contributed by atoms with van der Waals surface area (Å²) in [5.74, 6) is -0.718. The first-order valence-electron chi connectivity index (χ1n) is 8.45. The van der Waals surface area contributed by atoms with Gasteiger partial charge in [0.2, 0.25) is 9.84 Å². The number of hydrogen-bond acceptors (Lipinski definition) is 4. The van der Waals surface area contributed by atoms with Crippen molar-refractivity contribution in [3.8, 4) is 0 Å². The molecule has 0 bridgehead atoms. The van der Waals surface area contributed by atoms with Gasteiger partial charge in [-0.05, 0) is 36.4 Å². The van der Waals surface area contributed by atoms with E-state index in [2.05, 4.69) is 0 Å². The van der Waals surface area contributed by atoms with Crippen molar-refractivity contribution in [1.82, 2.24) is 4.90 Å². The second-order valence-corrected chi connectivity index (χ2v) is 8.28. The first-order valence-corrected chi connectivity index (χ1v) is 9.94. The van der Waals surface area contributed by atoms with Crippen LogP contribution < -0.4 is 4.90 Å². The monoisotopic (exact) mass is 432 g/mol. The Morgan fingerprint density at radius 1 is 0.966 bits per heavy atom. The minimum Gasteiger partial charge on any atom is -0.465 e. The summed E-state index contributed by atoms with van der Waals surface area (Å²) in [5, 5.41) is 9.00. The number of amides is 1. The molecule has 0 spiro atoms. The fourth-order valence-corrected chi connectivity index (χ4v) is 4.67. The first-order chi connectivity index (χ1) is 13.5. The highest BCUT2D eigenvalue weighted by molar-refractivity contribution is 7.91. The third-order valence-corrected chi connectivity index (χ3v) is 6.40. The van der Waals surface area contributed by atoms with Crippen LogP contribution in [-0.4, -0.2) is 50.7 Å². The fraction of sp³-hybridized carbons (Fsp3) is 0.278. The normalized spacial score (nSPS) is 15.4. The van der Waals surface area contributed by atoms with Crippen LogP contribution in [0, 0.1) is 5.82 Å². The molecular formula is C18H16F4N2O4S. The van der Waals surface area contributed by atoms with Crippen LogP contribution in [0.5, 0.6) is 0 Å². The van der Waals surface area contributed by atoms with Crippen molar-refractivity contribution >= 4 is 21.6 Å². The molecule has 1 amide bonds. The second kappa shape index (κ2) is 7.54. The van der Waals surface area contributed by atoms with Gasteiger partial charge in [0.1, 0.15) is 5.82 Å². The lowest BCUT2D eigenvalue weighted by atomic mass is 10.1. The Balaban J connectivity index is 2.09. The molecule has 6 nitrogen and oxygen atoms in total. The van der Waals surface area contributed by atoms with Crippen molar-refractivity contribution in [2.24, 2.45) is 0 Å². The van der Waals surface area contributed by atoms with Crippen LogP contribution in [-0.2, 0) is 16.0 Å². The number of carboxylic acid groups (broad SMARTS) is 1. The first kappa shape index (κ1) is 20.9. The van der Waals surface area contributed by atoms with Crippen molar-refractivity contribution in [2.45, 2.75) is 16.0 Å². The number of nitrogens with zero attached hydrogens (tertiary/aromatic N) is 2. The van der Waals surface area contributed by atoms with Gasteiger partial charge in [-0.1, -0.05) is 6.07 Å². The lowest BCUT2D eigenvalue weighted by Gasteiger charge is -2.36. The molecule has 1 saturated heterocycles. The van der Waals surface area contributed by atoms with Gasteiger partial charge in [0.05, 0.1) is 21.0 Å². The predicted molar refractivity (Wildman–Crippen MR) is 95.1 cm³/mol. The highest BCUT2D eigenvalue weighted by atomic mass is 32.2. The van der Waals surface area contributed by atoms with Crippen LogP contribution in [0.2, 0.25) is 0 Å². The van der Waals surface area contributed by atoms with Crippen LogP contribution in [0.1, 0.15) is 5.56 Å². The highest BCUT2D eigenvalue weighted by Gasteiger charge is 2.41. The van der Waals surface area contributed by atoms with Gasteiger partial charge >= 0.3 is 12.3 Å². The number of hydrogen-bond donors (Lipinski definition) is 1. The Labute approximate surface area is 163 Å². The van der Waals surface area contributed by atoms with Gasteiger partial charge < -0.3 is 14.9 Å². The number of sulfone groups is 1. The number of benzene rings is 2. The zero-order valence-corrected chi connectivity index (χ0v) is 15.7. The molecule has 156 valence electrons. The number of anilines is 1. The average molecular weight is 432 g/mol. The molecular weight excluding hydrogens is 416 g/mol. The maximum atomic E-state index is 13.9. The summed E-state index contributed by atoms with van der Waals surface area (Å²) in [6.45, 7) is -0.0615. The summed E-state index contributed by atoms with van der Waals surface area (Å²) in [5.41, 5.74) is -1.67. The van der Waals surface area contributed by atoms with E-state index in [4.69, 9.17) is 5.11 Å².